The lowest BCUT2D eigenvalue weighted by atomic mass is 9.44. The van der Waals surface area contributed by atoms with Crippen LogP contribution in [0.1, 0.15) is 70.3 Å². The van der Waals surface area contributed by atoms with Crippen LogP contribution in [0.5, 0.6) is 0 Å². The number of ketones is 2. The maximum atomic E-state index is 13.1. The average molecular weight is 406 g/mol. The minimum atomic E-state index is -0.173. The predicted octanol–water partition coefficient (Wildman–Crippen LogP) is 5.55. The SMILES string of the molecule is CN(C)c1ccc([C@H]2C[C@]3(C)C(=O)CC[C@H]3[C@@H]3CCC4=CC(=O)CC[C@]4(C)[C@H]32)cc1. The molecule has 0 saturated heterocycles. The molecule has 5 rings (SSSR count). The molecule has 0 aromatic heterocycles. The number of benzene rings is 1. The van der Waals surface area contributed by atoms with Crippen molar-refractivity contribution < 1.29 is 9.59 Å². The smallest absolute Gasteiger partial charge is 0.155 e. The topological polar surface area (TPSA) is 37.4 Å². The lowest BCUT2D eigenvalue weighted by Gasteiger charge is -2.60. The van der Waals surface area contributed by atoms with Gasteiger partial charge in [-0.1, -0.05) is 31.6 Å². The van der Waals surface area contributed by atoms with Gasteiger partial charge in [-0.2, -0.15) is 0 Å². The molecule has 30 heavy (non-hydrogen) atoms. The largest absolute Gasteiger partial charge is 0.378 e. The van der Waals surface area contributed by atoms with Gasteiger partial charge in [0.15, 0.2) is 5.78 Å². The molecular weight excluding hydrogens is 370 g/mol. The molecule has 0 bridgehead atoms. The Balaban J connectivity index is 1.62. The van der Waals surface area contributed by atoms with Gasteiger partial charge in [0, 0.05) is 38.0 Å². The first kappa shape index (κ1) is 20.0. The van der Waals surface area contributed by atoms with Crippen molar-refractivity contribution >= 4 is 17.3 Å². The molecule has 1 aromatic carbocycles. The molecule has 0 unspecified atom stereocenters. The minimum Gasteiger partial charge on any atom is -0.378 e. The van der Waals surface area contributed by atoms with Gasteiger partial charge < -0.3 is 4.90 Å². The fourth-order valence-electron chi connectivity index (χ4n) is 7.86. The van der Waals surface area contributed by atoms with Crippen LogP contribution in [-0.4, -0.2) is 25.7 Å². The van der Waals surface area contributed by atoms with Crippen molar-refractivity contribution in [1.82, 2.24) is 0 Å². The highest BCUT2D eigenvalue weighted by atomic mass is 16.1. The van der Waals surface area contributed by atoms with Crippen molar-refractivity contribution in [2.24, 2.45) is 28.6 Å². The van der Waals surface area contributed by atoms with Crippen LogP contribution < -0.4 is 4.90 Å². The summed E-state index contributed by atoms with van der Waals surface area (Å²) in [5.74, 6) is 2.82. The Kier molecular flexibility index (Phi) is 4.54. The lowest BCUT2D eigenvalue weighted by molar-refractivity contribution is -0.134. The van der Waals surface area contributed by atoms with Gasteiger partial charge in [-0.25, -0.2) is 0 Å². The van der Waals surface area contributed by atoms with E-state index in [-0.39, 0.29) is 10.8 Å². The second-order valence-electron chi connectivity index (χ2n) is 11.1. The quantitative estimate of drug-likeness (QED) is 0.648. The zero-order valence-corrected chi connectivity index (χ0v) is 18.9. The Labute approximate surface area is 180 Å². The van der Waals surface area contributed by atoms with Crippen LogP contribution in [0.2, 0.25) is 0 Å². The molecule has 0 spiro atoms. The predicted molar refractivity (Wildman–Crippen MR) is 121 cm³/mol. The fraction of sp³-hybridized carbons (Fsp3) is 0.630. The molecular formula is C27H35NO2. The summed E-state index contributed by atoms with van der Waals surface area (Å²) >= 11 is 0. The number of hydrogen-bond donors (Lipinski definition) is 0. The Bertz CT molecular complexity index is 913. The monoisotopic (exact) mass is 405 g/mol. The van der Waals surface area contributed by atoms with Gasteiger partial charge in [0.25, 0.3) is 0 Å². The number of Topliss-reactive ketones (excluding diaryl/α,β-unsaturated/α-hetero) is 1. The van der Waals surface area contributed by atoms with Gasteiger partial charge in [-0.3, -0.25) is 9.59 Å². The number of nitrogens with zero attached hydrogens (tertiary/aromatic N) is 1. The van der Waals surface area contributed by atoms with Crippen LogP contribution in [-0.2, 0) is 9.59 Å². The fourth-order valence-corrected chi connectivity index (χ4v) is 7.86. The summed E-state index contributed by atoms with van der Waals surface area (Å²) in [6, 6.07) is 9.05. The molecule has 160 valence electrons. The van der Waals surface area contributed by atoms with E-state index in [1.807, 2.05) is 6.08 Å². The summed E-state index contributed by atoms with van der Waals surface area (Å²) in [5, 5.41) is 0. The van der Waals surface area contributed by atoms with E-state index in [4.69, 9.17) is 0 Å². The molecule has 0 amide bonds. The van der Waals surface area contributed by atoms with Crippen molar-refractivity contribution in [3.8, 4) is 0 Å². The van der Waals surface area contributed by atoms with Gasteiger partial charge in [0.2, 0.25) is 0 Å². The third-order valence-corrected chi connectivity index (χ3v) is 9.47. The zero-order chi connectivity index (χ0) is 21.3. The number of rotatable bonds is 2. The van der Waals surface area contributed by atoms with E-state index in [9.17, 15) is 9.59 Å². The first-order valence-corrected chi connectivity index (χ1v) is 11.8. The number of fused-ring (bicyclic) bond motifs is 5. The summed E-state index contributed by atoms with van der Waals surface area (Å²) in [4.78, 5) is 27.4. The van der Waals surface area contributed by atoms with Crippen molar-refractivity contribution in [3.63, 3.8) is 0 Å². The summed E-state index contributed by atoms with van der Waals surface area (Å²) in [5.41, 5.74) is 3.91. The number of anilines is 1. The minimum absolute atomic E-state index is 0.0919. The molecule has 0 N–H and O–H groups in total. The summed E-state index contributed by atoms with van der Waals surface area (Å²) < 4.78 is 0. The van der Waals surface area contributed by atoms with Crippen LogP contribution >= 0.6 is 0 Å². The normalized spacial score (nSPS) is 40.3. The van der Waals surface area contributed by atoms with Gasteiger partial charge in [-0.05, 0) is 85.0 Å². The molecule has 0 radical (unpaired) electrons. The lowest BCUT2D eigenvalue weighted by Crippen LogP contribution is -2.53. The van der Waals surface area contributed by atoms with E-state index in [0.717, 1.165) is 38.5 Å². The Hall–Kier alpha value is -1.90. The maximum Gasteiger partial charge on any atom is 0.155 e. The van der Waals surface area contributed by atoms with Crippen LogP contribution in [0, 0.1) is 28.6 Å². The summed E-state index contributed by atoms with van der Waals surface area (Å²) in [6.45, 7) is 4.70. The Morgan fingerprint density at radius 1 is 0.933 bits per heavy atom. The zero-order valence-electron chi connectivity index (χ0n) is 18.9. The van der Waals surface area contributed by atoms with Crippen LogP contribution in [0.4, 0.5) is 5.69 Å². The summed E-state index contributed by atoms with van der Waals surface area (Å²) in [6.07, 6.45) is 8.61. The molecule has 3 saturated carbocycles. The number of hydrogen-bond acceptors (Lipinski definition) is 3. The standard InChI is InChI=1S/C27H35NO2/c1-26-14-13-20(29)15-18(26)7-10-21-23-11-12-24(30)27(23,2)16-22(25(21)26)17-5-8-19(9-6-17)28(3)4/h5-6,8-9,15,21-23,25H,7,10-14,16H2,1-4H3/t21-,22+,23-,25+,26-,27-/m0/s1. The van der Waals surface area contributed by atoms with Crippen molar-refractivity contribution in [2.45, 2.75) is 64.7 Å². The highest BCUT2D eigenvalue weighted by Gasteiger charge is 2.62. The van der Waals surface area contributed by atoms with E-state index >= 15 is 0 Å². The number of carbonyl (C=O) groups excluding carboxylic acids is 2. The van der Waals surface area contributed by atoms with Gasteiger partial charge in [-0.15, -0.1) is 0 Å². The van der Waals surface area contributed by atoms with E-state index < -0.39 is 0 Å². The first-order valence-electron chi connectivity index (χ1n) is 11.8. The summed E-state index contributed by atoms with van der Waals surface area (Å²) in [7, 11) is 4.15. The van der Waals surface area contributed by atoms with Crippen molar-refractivity contribution in [3.05, 3.63) is 41.5 Å². The molecule has 0 aliphatic heterocycles. The third-order valence-electron chi connectivity index (χ3n) is 9.47. The van der Waals surface area contributed by atoms with Crippen molar-refractivity contribution in [1.29, 1.82) is 0 Å². The van der Waals surface area contributed by atoms with E-state index in [1.54, 1.807) is 0 Å². The van der Waals surface area contributed by atoms with Crippen LogP contribution in [0.3, 0.4) is 0 Å². The maximum absolute atomic E-state index is 13.1. The molecule has 6 atom stereocenters. The van der Waals surface area contributed by atoms with E-state index in [1.165, 1.54) is 16.8 Å². The molecule has 3 nitrogen and oxygen atoms in total. The average Bonchev–Trinajstić information content (AvgIpc) is 3.02. The van der Waals surface area contributed by atoms with Crippen LogP contribution in [0.15, 0.2) is 35.9 Å². The third kappa shape index (κ3) is 2.77. The highest BCUT2D eigenvalue weighted by Crippen LogP contribution is 2.68. The molecule has 0 heterocycles. The molecule has 1 aromatic rings. The Morgan fingerprint density at radius 2 is 1.67 bits per heavy atom. The van der Waals surface area contributed by atoms with E-state index in [2.05, 4.69) is 57.1 Å². The highest BCUT2D eigenvalue weighted by molar-refractivity contribution is 5.91. The van der Waals surface area contributed by atoms with Gasteiger partial charge in [0.05, 0.1) is 0 Å². The molecule has 4 aliphatic rings. The number of carbonyl (C=O) groups is 2. The first-order chi connectivity index (χ1) is 14.2. The van der Waals surface area contributed by atoms with Crippen molar-refractivity contribution in [2.75, 3.05) is 19.0 Å². The van der Waals surface area contributed by atoms with Gasteiger partial charge in [0.1, 0.15) is 5.78 Å². The second kappa shape index (κ2) is 6.80. The molecule has 3 heteroatoms. The Morgan fingerprint density at radius 3 is 2.37 bits per heavy atom. The molecule has 4 aliphatic carbocycles. The second-order valence-corrected chi connectivity index (χ2v) is 11.1. The van der Waals surface area contributed by atoms with E-state index in [0.29, 0.717) is 41.7 Å². The van der Waals surface area contributed by atoms with Crippen LogP contribution in [0.25, 0.3) is 0 Å². The molecule has 3 fully saturated rings. The number of allylic oxidation sites excluding steroid dienone is 1. The van der Waals surface area contributed by atoms with Gasteiger partial charge >= 0.3 is 0 Å².